The number of thiophene rings is 1. The minimum atomic E-state index is 1.00. The van der Waals surface area contributed by atoms with Gasteiger partial charge in [-0.2, -0.15) is 0 Å². The Kier molecular flexibility index (Phi) is 6.63. The van der Waals surface area contributed by atoms with Crippen molar-refractivity contribution in [2.45, 2.75) is 26.9 Å². The fourth-order valence-electron chi connectivity index (χ4n) is 2.33. The van der Waals surface area contributed by atoms with Gasteiger partial charge < -0.3 is 4.90 Å². The van der Waals surface area contributed by atoms with Gasteiger partial charge in [-0.05, 0) is 61.1 Å². The van der Waals surface area contributed by atoms with Gasteiger partial charge >= 0.3 is 0 Å². The van der Waals surface area contributed by atoms with Crippen molar-refractivity contribution >= 4 is 27.3 Å². The van der Waals surface area contributed by atoms with Gasteiger partial charge in [-0.15, -0.1) is 11.3 Å². The summed E-state index contributed by atoms with van der Waals surface area (Å²) in [5, 5.41) is 0. The summed E-state index contributed by atoms with van der Waals surface area (Å²) < 4.78 is 1.25. The zero-order valence-corrected chi connectivity index (χ0v) is 16.3. The molecule has 0 saturated heterocycles. The van der Waals surface area contributed by atoms with Crippen LogP contribution in [0.3, 0.4) is 0 Å². The van der Waals surface area contributed by atoms with Gasteiger partial charge in [0.25, 0.3) is 0 Å². The molecule has 0 spiro atoms. The van der Waals surface area contributed by atoms with E-state index >= 15 is 0 Å². The lowest BCUT2D eigenvalue weighted by Crippen LogP contribution is -2.30. The van der Waals surface area contributed by atoms with Gasteiger partial charge in [-0.25, -0.2) is 0 Å². The van der Waals surface area contributed by atoms with E-state index in [-0.39, 0.29) is 0 Å². The van der Waals surface area contributed by atoms with E-state index in [1.165, 1.54) is 25.4 Å². The number of rotatable bonds is 7. The Morgan fingerprint density at radius 1 is 1.00 bits per heavy atom. The van der Waals surface area contributed by atoms with Crippen molar-refractivity contribution in [3.05, 3.63) is 55.7 Å². The fraction of sp³-hybridized carbons (Fsp3) is 0.444. The van der Waals surface area contributed by atoms with Gasteiger partial charge in [0.2, 0.25) is 0 Å². The van der Waals surface area contributed by atoms with Crippen LogP contribution in [-0.2, 0) is 13.1 Å². The van der Waals surface area contributed by atoms with Crippen LogP contribution in [0.15, 0.2) is 34.1 Å². The molecule has 1 heterocycles. The number of benzene rings is 1. The van der Waals surface area contributed by atoms with Crippen LogP contribution in [0.2, 0.25) is 0 Å². The summed E-state index contributed by atoms with van der Waals surface area (Å²) in [6, 6.07) is 11.2. The van der Waals surface area contributed by atoms with Crippen molar-refractivity contribution < 1.29 is 0 Å². The van der Waals surface area contributed by atoms with E-state index in [0.717, 1.165) is 26.2 Å². The monoisotopic (exact) mass is 380 g/mol. The fourth-order valence-corrected chi connectivity index (χ4v) is 4.00. The Morgan fingerprint density at radius 2 is 1.68 bits per heavy atom. The maximum atomic E-state index is 3.63. The molecule has 120 valence electrons. The van der Waals surface area contributed by atoms with Gasteiger partial charge in [0.15, 0.2) is 0 Å². The molecule has 0 unspecified atom stereocenters. The maximum Gasteiger partial charge on any atom is 0.0730 e. The van der Waals surface area contributed by atoms with Crippen molar-refractivity contribution in [2.24, 2.45) is 0 Å². The first kappa shape index (κ1) is 17.7. The summed E-state index contributed by atoms with van der Waals surface area (Å²) in [5.74, 6) is 0. The molecule has 1 aromatic carbocycles. The van der Waals surface area contributed by atoms with Crippen LogP contribution in [0.25, 0.3) is 0 Å². The molecule has 22 heavy (non-hydrogen) atoms. The number of aryl methyl sites for hydroxylation is 2. The molecule has 4 heteroatoms. The van der Waals surface area contributed by atoms with Crippen LogP contribution in [-0.4, -0.2) is 37.0 Å². The zero-order valence-electron chi connectivity index (χ0n) is 13.9. The molecule has 0 aliphatic rings. The molecule has 0 amide bonds. The molecular formula is C18H25BrN2S. The Balaban J connectivity index is 2.06. The normalized spacial score (nSPS) is 11.6. The Bertz CT molecular complexity index is 570. The molecule has 2 nitrogen and oxygen atoms in total. The molecule has 2 rings (SSSR count). The van der Waals surface area contributed by atoms with E-state index in [0.29, 0.717) is 0 Å². The highest BCUT2D eigenvalue weighted by Gasteiger charge is 2.11. The number of nitrogens with zero attached hydrogens (tertiary/aromatic N) is 2. The molecule has 0 atom stereocenters. The molecule has 0 fully saturated rings. The number of hydrogen-bond acceptors (Lipinski definition) is 3. The summed E-state index contributed by atoms with van der Waals surface area (Å²) in [7, 11) is 4.27. The second kappa shape index (κ2) is 8.25. The highest BCUT2D eigenvalue weighted by molar-refractivity contribution is 9.11. The van der Waals surface area contributed by atoms with E-state index in [9.17, 15) is 0 Å². The molecule has 0 radical (unpaired) electrons. The average molecular weight is 381 g/mol. The van der Waals surface area contributed by atoms with E-state index in [1.807, 2.05) is 11.3 Å². The van der Waals surface area contributed by atoms with Gasteiger partial charge in [-0.3, -0.25) is 4.90 Å². The van der Waals surface area contributed by atoms with Crippen LogP contribution >= 0.6 is 27.3 Å². The first-order chi connectivity index (χ1) is 10.4. The summed E-state index contributed by atoms with van der Waals surface area (Å²) in [5.41, 5.74) is 4.04. The third kappa shape index (κ3) is 5.51. The summed E-state index contributed by atoms with van der Waals surface area (Å²) >= 11 is 5.49. The maximum absolute atomic E-state index is 3.63. The van der Waals surface area contributed by atoms with Gasteiger partial charge in [0.1, 0.15) is 0 Å². The lowest BCUT2D eigenvalue weighted by molar-refractivity contribution is 0.228. The third-order valence-electron chi connectivity index (χ3n) is 3.68. The van der Waals surface area contributed by atoms with Gasteiger partial charge in [-0.1, -0.05) is 29.8 Å². The number of likely N-dealkylation sites (N-methyl/N-ethyl adjacent to an activating group) is 1. The summed E-state index contributed by atoms with van der Waals surface area (Å²) in [4.78, 5) is 6.20. The molecule has 0 N–H and O–H groups in total. The van der Waals surface area contributed by atoms with E-state index in [2.05, 4.69) is 84.0 Å². The molecule has 0 saturated carbocycles. The Labute approximate surface area is 146 Å². The minimum Gasteiger partial charge on any atom is -0.308 e. The smallest absolute Gasteiger partial charge is 0.0730 e. The Morgan fingerprint density at radius 3 is 2.23 bits per heavy atom. The molecular weight excluding hydrogens is 356 g/mol. The first-order valence-corrected chi connectivity index (χ1v) is 9.22. The van der Waals surface area contributed by atoms with Gasteiger partial charge in [0.05, 0.1) is 3.79 Å². The first-order valence-electron chi connectivity index (χ1n) is 7.61. The molecule has 0 bridgehead atoms. The zero-order chi connectivity index (χ0) is 16.1. The summed E-state index contributed by atoms with van der Waals surface area (Å²) in [6.45, 7) is 8.47. The number of halogens is 1. The van der Waals surface area contributed by atoms with Gasteiger partial charge in [0, 0.05) is 31.1 Å². The quantitative estimate of drug-likeness (QED) is 0.687. The second-order valence-corrected chi connectivity index (χ2v) is 8.62. The lowest BCUT2D eigenvalue weighted by Gasteiger charge is -2.23. The topological polar surface area (TPSA) is 6.48 Å². The van der Waals surface area contributed by atoms with Crippen molar-refractivity contribution in [3.8, 4) is 0 Å². The van der Waals surface area contributed by atoms with E-state index in [1.54, 1.807) is 0 Å². The molecule has 0 aliphatic heterocycles. The van der Waals surface area contributed by atoms with E-state index < -0.39 is 0 Å². The predicted molar refractivity (Wildman–Crippen MR) is 101 cm³/mol. The van der Waals surface area contributed by atoms with Crippen molar-refractivity contribution in [3.63, 3.8) is 0 Å². The standard InChI is InChI=1S/C18H25BrN2S/c1-14-5-7-16(8-6-14)12-21(10-9-20(3)4)13-17-11-15(2)18(19)22-17/h5-8,11H,9-10,12-13H2,1-4H3. The van der Waals surface area contributed by atoms with Crippen LogP contribution in [0, 0.1) is 13.8 Å². The molecule has 2 aromatic rings. The second-order valence-electron chi connectivity index (χ2n) is 6.17. The highest BCUT2D eigenvalue weighted by Crippen LogP contribution is 2.28. The lowest BCUT2D eigenvalue weighted by atomic mass is 10.1. The third-order valence-corrected chi connectivity index (χ3v) is 5.80. The summed E-state index contributed by atoms with van der Waals surface area (Å²) in [6.07, 6.45) is 0. The molecule has 0 aliphatic carbocycles. The van der Waals surface area contributed by atoms with Crippen LogP contribution in [0.5, 0.6) is 0 Å². The largest absolute Gasteiger partial charge is 0.308 e. The van der Waals surface area contributed by atoms with Crippen LogP contribution < -0.4 is 0 Å². The van der Waals surface area contributed by atoms with Crippen molar-refractivity contribution in [1.29, 1.82) is 0 Å². The van der Waals surface area contributed by atoms with E-state index in [4.69, 9.17) is 0 Å². The average Bonchev–Trinajstić information content (AvgIpc) is 2.77. The minimum absolute atomic E-state index is 1.00. The highest BCUT2D eigenvalue weighted by atomic mass is 79.9. The number of hydrogen-bond donors (Lipinski definition) is 0. The molecule has 1 aromatic heterocycles. The van der Waals surface area contributed by atoms with Crippen LogP contribution in [0.4, 0.5) is 0 Å². The van der Waals surface area contributed by atoms with Crippen LogP contribution in [0.1, 0.15) is 21.6 Å². The van der Waals surface area contributed by atoms with Crippen molar-refractivity contribution in [2.75, 3.05) is 27.2 Å². The SMILES string of the molecule is Cc1ccc(CN(CCN(C)C)Cc2cc(C)c(Br)s2)cc1. The van der Waals surface area contributed by atoms with Crippen molar-refractivity contribution in [1.82, 2.24) is 9.80 Å². The predicted octanol–water partition coefficient (Wildman–Crippen LogP) is 4.69. The Hall–Kier alpha value is -0.680.